The molecule has 0 N–H and O–H groups in total. The summed E-state index contributed by atoms with van der Waals surface area (Å²) in [6, 6.07) is 9.53. The predicted octanol–water partition coefficient (Wildman–Crippen LogP) is 2.89. The molecule has 4 rings (SSSR count). The zero-order valence-electron chi connectivity index (χ0n) is 16.6. The monoisotopic (exact) mass is 391 g/mol. The number of nitrogens with zero attached hydrogens (tertiary/aromatic N) is 5. The Morgan fingerprint density at radius 2 is 2.07 bits per heavy atom. The first-order valence-electron chi connectivity index (χ1n) is 9.88. The van der Waals surface area contributed by atoms with Gasteiger partial charge in [0.25, 0.3) is 5.91 Å². The van der Waals surface area contributed by atoms with Gasteiger partial charge in [-0.2, -0.15) is 0 Å². The van der Waals surface area contributed by atoms with Gasteiger partial charge in [-0.3, -0.25) is 9.78 Å². The zero-order chi connectivity index (χ0) is 20.1. The fraction of sp³-hybridized carbons (Fsp3) is 0.364. The van der Waals surface area contributed by atoms with E-state index in [1.54, 1.807) is 25.6 Å². The van der Waals surface area contributed by atoms with E-state index in [0.717, 1.165) is 37.4 Å². The third-order valence-electron chi connectivity index (χ3n) is 5.24. The number of imidazole rings is 1. The highest BCUT2D eigenvalue weighted by molar-refractivity contribution is 5.92. The second-order valence-electron chi connectivity index (χ2n) is 7.31. The first kappa shape index (κ1) is 19.3. The van der Waals surface area contributed by atoms with Gasteiger partial charge in [0.05, 0.1) is 12.3 Å². The van der Waals surface area contributed by atoms with Crippen LogP contribution in [0.5, 0.6) is 0 Å². The van der Waals surface area contributed by atoms with Crippen molar-refractivity contribution in [3.63, 3.8) is 0 Å². The quantitative estimate of drug-likeness (QED) is 0.646. The van der Waals surface area contributed by atoms with Crippen molar-refractivity contribution in [3.05, 3.63) is 77.9 Å². The molecule has 3 aromatic heterocycles. The molecular formula is C22H25N5O2. The van der Waals surface area contributed by atoms with Crippen LogP contribution in [0, 0.1) is 0 Å². The van der Waals surface area contributed by atoms with Crippen molar-refractivity contribution in [2.75, 3.05) is 20.2 Å². The molecule has 29 heavy (non-hydrogen) atoms. The first-order valence-corrected chi connectivity index (χ1v) is 9.88. The molecule has 1 aliphatic heterocycles. The second kappa shape index (κ2) is 8.96. The molecule has 0 radical (unpaired) electrons. The van der Waals surface area contributed by atoms with Gasteiger partial charge in [0.1, 0.15) is 11.5 Å². The summed E-state index contributed by atoms with van der Waals surface area (Å²) in [5.41, 5.74) is 2.42. The van der Waals surface area contributed by atoms with Gasteiger partial charge in [0.15, 0.2) is 0 Å². The Morgan fingerprint density at radius 3 is 2.90 bits per heavy atom. The first-order chi connectivity index (χ1) is 14.2. The lowest BCUT2D eigenvalue weighted by Crippen LogP contribution is -2.40. The third kappa shape index (κ3) is 4.51. The van der Waals surface area contributed by atoms with Crippen molar-refractivity contribution in [1.29, 1.82) is 0 Å². The minimum absolute atomic E-state index is 0.0279. The molecule has 0 bridgehead atoms. The highest BCUT2D eigenvalue weighted by atomic mass is 16.5. The number of piperidine rings is 1. The largest absolute Gasteiger partial charge is 0.378 e. The van der Waals surface area contributed by atoms with Crippen LogP contribution in [0.15, 0.2) is 55.1 Å². The lowest BCUT2D eigenvalue weighted by Gasteiger charge is -2.32. The number of aromatic nitrogens is 4. The molecular weight excluding hydrogens is 366 g/mol. The number of ether oxygens (including phenoxy) is 1. The van der Waals surface area contributed by atoms with Crippen LogP contribution in [0.4, 0.5) is 0 Å². The third-order valence-corrected chi connectivity index (χ3v) is 5.24. The van der Waals surface area contributed by atoms with Gasteiger partial charge in [0, 0.05) is 57.4 Å². The molecule has 1 saturated heterocycles. The van der Waals surface area contributed by atoms with Crippen molar-refractivity contribution in [3.8, 4) is 0 Å². The normalized spacial score (nSPS) is 16.7. The van der Waals surface area contributed by atoms with Crippen molar-refractivity contribution >= 4 is 5.91 Å². The van der Waals surface area contributed by atoms with Gasteiger partial charge in [-0.05, 0) is 42.7 Å². The minimum Gasteiger partial charge on any atom is -0.378 e. The molecule has 4 heterocycles. The number of hydrogen-bond donors (Lipinski definition) is 0. The summed E-state index contributed by atoms with van der Waals surface area (Å²) < 4.78 is 7.31. The number of rotatable bonds is 6. The molecule has 150 valence electrons. The van der Waals surface area contributed by atoms with E-state index in [1.807, 2.05) is 41.6 Å². The second-order valence-corrected chi connectivity index (χ2v) is 7.31. The number of pyridine rings is 2. The molecule has 1 atom stereocenters. The molecule has 7 heteroatoms. The van der Waals surface area contributed by atoms with Crippen LogP contribution >= 0.6 is 0 Å². The molecule has 0 aliphatic carbocycles. The maximum Gasteiger partial charge on any atom is 0.272 e. The van der Waals surface area contributed by atoms with Crippen molar-refractivity contribution < 1.29 is 9.53 Å². The molecule has 1 fully saturated rings. The summed E-state index contributed by atoms with van der Waals surface area (Å²) in [7, 11) is 1.62. The van der Waals surface area contributed by atoms with Crippen LogP contribution in [0.1, 0.15) is 46.3 Å². The van der Waals surface area contributed by atoms with Gasteiger partial charge in [-0.25, -0.2) is 9.97 Å². The summed E-state index contributed by atoms with van der Waals surface area (Å²) in [6.07, 6.45) is 9.43. The van der Waals surface area contributed by atoms with Gasteiger partial charge >= 0.3 is 0 Å². The Labute approximate surface area is 170 Å². The van der Waals surface area contributed by atoms with Crippen LogP contribution in [0.3, 0.4) is 0 Å². The number of amides is 1. The summed E-state index contributed by atoms with van der Waals surface area (Å²) in [4.78, 5) is 28.1. The van der Waals surface area contributed by atoms with Crippen LogP contribution in [-0.2, 0) is 17.9 Å². The molecule has 1 aliphatic rings. The number of carbonyl (C=O) groups is 1. The van der Waals surface area contributed by atoms with Crippen LogP contribution in [-0.4, -0.2) is 50.5 Å². The van der Waals surface area contributed by atoms with Gasteiger partial charge in [0.2, 0.25) is 0 Å². The fourth-order valence-electron chi connectivity index (χ4n) is 3.86. The average molecular weight is 391 g/mol. The van der Waals surface area contributed by atoms with E-state index in [9.17, 15) is 4.79 Å². The Kier molecular flexibility index (Phi) is 5.95. The van der Waals surface area contributed by atoms with E-state index in [1.165, 1.54) is 5.56 Å². The summed E-state index contributed by atoms with van der Waals surface area (Å²) in [5, 5.41) is 0. The van der Waals surface area contributed by atoms with Crippen LogP contribution in [0.25, 0.3) is 0 Å². The lowest BCUT2D eigenvalue weighted by molar-refractivity contribution is 0.0696. The van der Waals surface area contributed by atoms with E-state index in [2.05, 4.69) is 19.5 Å². The molecule has 0 saturated carbocycles. The molecule has 0 aromatic carbocycles. The lowest BCUT2D eigenvalue weighted by atomic mass is 9.96. The summed E-state index contributed by atoms with van der Waals surface area (Å²) in [5.74, 6) is 1.21. The predicted molar refractivity (Wildman–Crippen MR) is 108 cm³/mol. The van der Waals surface area contributed by atoms with E-state index < -0.39 is 0 Å². The summed E-state index contributed by atoms with van der Waals surface area (Å²) >= 11 is 0. The Balaban J connectivity index is 1.48. The number of hydrogen-bond acceptors (Lipinski definition) is 5. The Morgan fingerprint density at radius 1 is 1.21 bits per heavy atom. The van der Waals surface area contributed by atoms with E-state index >= 15 is 0 Å². The molecule has 1 amide bonds. The van der Waals surface area contributed by atoms with Crippen molar-refractivity contribution in [1.82, 2.24) is 24.4 Å². The fourth-order valence-corrected chi connectivity index (χ4v) is 3.86. The van der Waals surface area contributed by atoms with E-state index in [0.29, 0.717) is 18.8 Å². The van der Waals surface area contributed by atoms with E-state index in [4.69, 9.17) is 4.74 Å². The maximum absolute atomic E-state index is 13.0. The maximum atomic E-state index is 13.0. The van der Waals surface area contributed by atoms with Crippen LogP contribution in [0.2, 0.25) is 0 Å². The Bertz CT molecular complexity index is 957. The highest BCUT2D eigenvalue weighted by Crippen LogP contribution is 2.27. The minimum atomic E-state index is -0.0279. The highest BCUT2D eigenvalue weighted by Gasteiger charge is 2.28. The molecule has 0 unspecified atom stereocenters. The SMILES string of the molecule is COCc1cccc(C(=O)N2CCC[C@@H](c3nccn3Cc3ccncc3)C2)n1. The molecule has 3 aromatic rings. The summed E-state index contributed by atoms with van der Waals surface area (Å²) in [6.45, 7) is 2.55. The van der Waals surface area contributed by atoms with Crippen LogP contribution < -0.4 is 0 Å². The zero-order valence-corrected chi connectivity index (χ0v) is 16.6. The Hall–Kier alpha value is -3.06. The van der Waals surface area contributed by atoms with Gasteiger partial charge in [-0.1, -0.05) is 6.07 Å². The van der Waals surface area contributed by atoms with Gasteiger partial charge < -0.3 is 14.2 Å². The van der Waals surface area contributed by atoms with E-state index in [-0.39, 0.29) is 11.8 Å². The standard InChI is InChI=1S/C22H25N5O2/c1-29-16-19-5-2-6-20(25-19)22(28)27-12-3-4-18(15-27)21-24-11-13-26(21)14-17-7-9-23-10-8-17/h2,5-11,13,18H,3-4,12,14-16H2,1H3/t18-/m1/s1. The topological polar surface area (TPSA) is 73.1 Å². The number of carbonyl (C=O) groups excluding carboxylic acids is 1. The van der Waals surface area contributed by atoms with Crippen molar-refractivity contribution in [2.24, 2.45) is 0 Å². The molecule has 0 spiro atoms. The molecule has 7 nitrogen and oxygen atoms in total. The van der Waals surface area contributed by atoms with Gasteiger partial charge in [-0.15, -0.1) is 0 Å². The average Bonchev–Trinajstić information content (AvgIpc) is 3.22. The van der Waals surface area contributed by atoms with Crippen molar-refractivity contribution in [2.45, 2.75) is 31.9 Å². The smallest absolute Gasteiger partial charge is 0.272 e. The number of methoxy groups -OCH3 is 1. The number of likely N-dealkylation sites (tertiary alicyclic amines) is 1.